The van der Waals surface area contributed by atoms with Gasteiger partial charge in [-0.3, -0.25) is 4.79 Å². The summed E-state index contributed by atoms with van der Waals surface area (Å²) >= 11 is 6.39. The average molecular weight is 425 g/mol. The van der Waals surface area contributed by atoms with Crippen LogP contribution in [-0.2, 0) is 9.53 Å². The van der Waals surface area contributed by atoms with E-state index in [1.54, 1.807) is 26.8 Å². The van der Waals surface area contributed by atoms with E-state index in [9.17, 15) is 9.59 Å². The van der Waals surface area contributed by atoms with Gasteiger partial charge >= 0.3 is 6.09 Å². The van der Waals surface area contributed by atoms with Gasteiger partial charge in [0.1, 0.15) is 18.0 Å². The number of primary amides is 1. The third-order valence-electron chi connectivity index (χ3n) is 3.54. The minimum absolute atomic E-state index is 0.0301. The van der Waals surface area contributed by atoms with E-state index in [1.165, 1.54) is 0 Å². The van der Waals surface area contributed by atoms with E-state index in [0.29, 0.717) is 29.2 Å². The number of ether oxygens (including phenoxy) is 2. The number of amides is 2. The zero-order valence-electron chi connectivity index (χ0n) is 17.3. The highest BCUT2D eigenvalue weighted by molar-refractivity contribution is 6.33. The maximum atomic E-state index is 12.1. The molecule has 0 aromatic heterocycles. The van der Waals surface area contributed by atoms with Crippen molar-refractivity contribution in [1.29, 1.82) is 0 Å². The maximum Gasteiger partial charge on any atom is 0.407 e. The number of alkyl carbamates (subject to hydrolysis) is 1. The number of hydrogen-bond donors (Lipinski definition) is 3. The number of carbonyl (C=O) groups excluding carboxylic acids is 2. The number of aliphatic hydroxyl groups excluding tert-OH is 1. The van der Waals surface area contributed by atoms with Gasteiger partial charge in [-0.25, -0.2) is 4.79 Å². The molecule has 0 fully saturated rings. The summed E-state index contributed by atoms with van der Waals surface area (Å²) in [6.07, 6.45) is 0.112. The van der Waals surface area contributed by atoms with Crippen molar-refractivity contribution in [1.82, 2.24) is 5.32 Å². The Morgan fingerprint density at radius 1 is 1.34 bits per heavy atom. The molecule has 1 atom stereocenters. The van der Waals surface area contributed by atoms with Gasteiger partial charge in [0, 0.05) is 18.4 Å². The minimum atomic E-state index is -0.652. The Kier molecular flexibility index (Phi) is 9.79. The molecule has 0 spiro atoms. The van der Waals surface area contributed by atoms with Crippen LogP contribution in [0.1, 0.15) is 51.2 Å². The molecule has 0 saturated heterocycles. The van der Waals surface area contributed by atoms with Gasteiger partial charge in [-0.1, -0.05) is 23.4 Å². The molecule has 0 bridgehead atoms. The molecule has 0 radical (unpaired) electrons. The average Bonchev–Trinajstić information content (AvgIpc) is 2.59. The van der Waals surface area contributed by atoms with E-state index in [-0.39, 0.29) is 19.6 Å². The molecule has 0 aliphatic rings. The summed E-state index contributed by atoms with van der Waals surface area (Å²) in [6, 6.07) is 3.08. The topological polar surface area (TPSA) is 111 Å². The van der Waals surface area contributed by atoms with Crippen LogP contribution in [0.2, 0.25) is 5.02 Å². The van der Waals surface area contributed by atoms with Crippen molar-refractivity contribution in [3.8, 4) is 17.6 Å². The number of nitrogens with two attached hydrogens (primary N) is 1. The van der Waals surface area contributed by atoms with E-state index >= 15 is 0 Å². The fourth-order valence-corrected chi connectivity index (χ4v) is 2.53. The van der Waals surface area contributed by atoms with Gasteiger partial charge in [0.05, 0.1) is 17.7 Å². The van der Waals surface area contributed by atoms with Gasteiger partial charge < -0.3 is 25.6 Å². The van der Waals surface area contributed by atoms with Crippen molar-refractivity contribution in [2.75, 3.05) is 13.2 Å². The van der Waals surface area contributed by atoms with Gasteiger partial charge in [-0.05, 0) is 51.8 Å². The molecule has 1 rings (SSSR count). The number of halogens is 1. The molecular formula is C21H29ClN2O5. The predicted molar refractivity (Wildman–Crippen MR) is 112 cm³/mol. The van der Waals surface area contributed by atoms with E-state index in [2.05, 4.69) is 17.2 Å². The summed E-state index contributed by atoms with van der Waals surface area (Å²) < 4.78 is 11.1. The van der Waals surface area contributed by atoms with Crippen molar-refractivity contribution in [3.05, 3.63) is 28.3 Å². The van der Waals surface area contributed by atoms with Crippen LogP contribution < -0.4 is 15.8 Å². The van der Waals surface area contributed by atoms with E-state index in [4.69, 9.17) is 31.9 Å². The molecule has 0 aliphatic heterocycles. The summed E-state index contributed by atoms with van der Waals surface area (Å²) in [5.41, 5.74) is 6.05. The van der Waals surface area contributed by atoms with Crippen LogP contribution in [0.3, 0.4) is 0 Å². The highest BCUT2D eigenvalue weighted by Gasteiger charge is 2.21. The van der Waals surface area contributed by atoms with Crippen LogP contribution in [0.4, 0.5) is 4.79 Å². The molecule has 1 aromatic carbocycles. The molecule has 0 heterocycles. The van der Waals surface area contributed by atoms with Crippen LogP contribution in [0.15, 0.2) is 12.1 Å². The van der Waals surface area contributed by atoms with Crippen molar-refractivity contribution in [2.45, 2.75) is 58.6 Å². The number of nitrogens with one attached hydrogen (secondary N) is 1. The van der Waals surface area contributed by atoms with Crippen molar-refractivity contribution >= 4 is 23.6 Å². The second kappa shape index (κ2) is 11.5. The van der Waals surface area contributed by atoms with Crippen molar-refractivity contribution in [2.24, 2.45) is 5.73 Å². The Hall–Kier alpha value is -2.43. The zero-order chi connectivity index (χ0) is 22.0. The molecule has 0 unspecified atom stereocenters. The number of rotatable bonds is 8. The first-order valence-electron chi connectivity index (χ1n) is 9.32. The fraction of sp³-hybridized carbons (Fsp3) is 0.524. The summed E-state index contributed by atoms with van der Waals surface area (Å²) in [5, 5.41) is 11.9. The van der Waals surface area contributed by atoms with Gasteiger partial charge in [0.2, 0.25) is 5.91 Å². The molecular weight excluding hydrogens is 396 g/mol. The maximum absolute atomic E-state index is 12.1. The lowest BCUT2D eigenvalue weighted by molar-refractivity contribution is -0.118. The number of aryl methyl sites for hydroxylation is 1. The number of aliphatic hydroxyl groups is 1. The molecule has 0 aliphatic carbocycles. The van der Waals surface area contributed by atoms with E-state index in [1.807, 2.05) is 13.0 Å². The number of hydrogen-bond acceptors (Lipinski definition) is 5. The predicted octanol–water partition coefficient (Wildman–Crippen LogP) is 2.92. The number of benzene rings is 1. The lowest BCUT2D eigenvalue weighted by atomic mass is 10.1. The monoisotopic (exact) mass is 424 g/mol. The third-order valence-corrected chi connectivity index (χ3v) is 3.93. The standard InChI is InChI=1S/C21H29ClN2O5/c1-14-11-15(7-5-6-10-25)19(22)17(12-14)28-13-16(8-9-18(23)26)24-20(27)29-21(2,3)4/h11-12,16,25H,6,8-10,13H2,1-4H3,(H2,23,26)(H,24,27)/t16-/m0/s1. The molecule has 2 amide bonds. The fourth-order valence-electron chi connectivity index (χ4n) is 2.32. The first-order chi connectivity index (χ1) is 13.5. The molecule has 8 heteroatoms. The summed E-state index contributed by atoms with van der Waals surface area (Å²) in [4.78, 5) is 23.2. The molecule has 160 valence electrons. The van der Waals surface area contributed by atoms with Gasteiger partial charge in [0.15, 0.2) is 0 Å². The molecule has 4 N–H and O–H groups in total. The van der Waals surface area contributed by atoms with Gasteiger partial charge in [-0.15, -0.1) is 0 Å². The Morgan fingerprint density at radius 2 is 2.03 bits per heavy atom. The lowest BCUT2D eigenvalue weighted by Crippen LogP contribution is -2.42. The van der Waals surface area contributed by atoms with Crippen LogP contribution in [0, 0.1) is 18.8 Å². The molecule has 29 heavy (non-hydrogen) atoms. The van der Waals surface area contributed by atoms with Crippen LogP contribution in [0.5, 0.6) is 5.75 Å². The Labute approximate surface area is 176 Å². The minimum Gasteiger partial charge on any atom is -0.490 e. The first-order valence-corrected chi connectivity index (χ1v) is 9.70. The van der Waals surface area contributed by atoms with E-state index < -0.39 is 23.6 Å². The smallest absolute Gasteiger partial charge is 0.407 e. The van der Waals surface area contributed by atoms with Crippen LogP contribution >= 0.6 is 11.6 Å². The number of carbonyl (C=O) groups is 2. The Balaban J connectivity index is 2.91. The van der Waals surface area contributed by atoms with Gasteiger partial charge in [-0.2, -0.15) is 0 Å². The second-order valence-electron chi connectivity index (χ2n) is 7.56. The Morgan fingerprint density at radius 3 is 2.62 bits per heavy atom. The van der Waals surface area contributed by atoms with E-state index in [0.717, 1.165) is 5.56 Å². The summed E-state index contributed by atoms with van der Waals surface area (Å²) in [6.45, 7) is 7.19. The molecule has 7 nitrogen and oxygen atoms in total. The molecule has 1 aromatic rings. The van der Waals surface area contributed by atoms with Crippen molar-refractivity contribution in [3.63, 3.8) is 0 Å². The zero-order valence-corrected chi connectivity index (χ0v) is 18.1. The van der Waals surface area contributed by atoms with Crippen LogP contribution in [-0.4, -0.2) is 42.0 Å². The summed E-state index contributed by atoms with van der Waals surface area (Å²) in [7, 11) is 0. The SMILES string of the molecule is Cc1cc(C#CCCO)c(Cl)c(OC[C@H](CCC(N)=O)NC(=O)OC(C)(C)C)c1. The lowest BCUT2D eigenvalue weighted by Gasteiger charge is -2.24. The first kappa shape index (κ1) is 24.6. The van der Waals surface area contributed by atoms with Crippen molar-refractivity contribution < 1.29 is 24.2 Å². The van der Waals surface area contributed by atoms with Crippen LogP contribution in [0.25, 0.3) is 0 Å². The Bertz CT molecular complexity index is 778. The van der Waals surface area contributed by atoms with Gasteiger partial charge in [0.25, 0.3) is 0 Å². The normalized spacial score (nSPS) is 11.8. The third kappa shape index (κ3) is 10.1. The summed E-state index contributed by atoms with van der Waals surface area (Å²) in [5.74, 6) is 5.67. The molecule has 0 saturated carbocycles. The largest absolute Gasteiger partial charge is 0.490 e. The second-order valence-corrected chi connectivity index (χ2v) is 7.94. The quantitative estimate of drug-likeness (QED) is 0.555. The highest BCUT2D eigenvalue weighted by Crippen LogP contribution is 2.30. The highest BCUT2D eigenvalue weighted by atomic mass is 35.5.